The van der Waals surface area contributed by atoms with Crippen LogP contribution in [0.25, 0.3) is 0 Å². The molecular weight excluding hydrogens is 285 g/mol. The molecule has 2 rings (SSSR count). The van der Waals surface area contributed by atoms with E-state index in [9.17, 15) is 9.46 Å². The first kappa shape index (κ1) is 15.8. The van der Waals surface area contributed by atoms with Gasteiger partial charge in [0.05, 0.1) is 7.11 Å². The van der Waals surface area contributed by atoms with Gasteiger partial charge in [0.1, 0.15) is 11.5 Å². The van der Waals surface area contributed by atoms with E-state index in [4.69, 9.17) is 10.5 Å². The molecule has 2 aromatic carbocycles. The molecular formula is C16H20NO3P. The Morgan fingerprint density at radius 1 is 1.14 bits per heavy atom. The highest BCUT2D eigenvalue weighted by Crippen LogP contribution is 2.52. The third kappa shape index (κ3) is 4.18. The number of nitrogens with two attached hydrogens (primary N) is 1. The lowest BCUT2D eigenvalue weighted by atomic mass is 10.2. The first-order valence-electron chi connectivity index (χ1n) is 6.78. The predicted octanol–water partition coefficient (Wildman–Crippen LogP) is 3.17. The molecule has 0 aliphatic carbocycles. The van der Waals surface area contributed by atoms with Gasteiger partial charge in [-0.3, -0.25) is 4.57 Å². The molecule has 0 saturated heterocycles. The van der Waals surface area contributed by atoms with Crippen molar-refractivity contribution in [3.8, 4) is 5.75 Å². The molecule has 0 bridgehead atoms. The molecule has 0 spiro atoms. The maximum absolute atomic E-state index is 12.4. The summed E-state index contributed by atoms with van der Waals surface area (Å²) in [5, 5.41) is 0. The van der Waals surface area contributed by atoms with Crippen LogP contribution >= 0.6 is 7.37 Å². The van der Waals surface area contributed by atoms with E-state index in [-0.39, 0.29) is 6.16 Å². The van der Waals surface area contributed by atoms with E-state index >= 15 is 0 Å². The fourth-order valence-electron chi connectivity index (χ4n) is 2.11. The minimum atomic E-state index is -3.46. The maximum Gasteiger partial charge on any atom is 0.221 e. The van der Waals surface area contributed by atoms with Crippen molar-refractivity contribution in [1.29, 1.82) is 0 Å². The Kier molecular flexibility index (Phi) is 5.18. The second-order valence-corrected chi connectivity index (χ2v) is 7.45. The van der Waals surface area contributed by atoms with Crippen molar-refractivity contribution in [2.75, 3.05) is 13.3 Å². The molecule has 0 aliphatic heterocycles. The standard InChI is InChI=1S/C16H20NO3P/c1-20-15-9-7-14(8-10-15)16(17)21(18,19)12-11-13-5-3-2-4-6-13/h2-10,16H,11-12,17H2,1H3,(H,18,19). The zero-order valence-corrected chi connectivity index (χ0v) is 12.9. The summed E-state index contributed by atoms with van der Waals surface area (Å²) in [7, 11) is -1.88. The van der Waals surface area contributed by atoms with Crippen LogP contribution in [0.1, 0.15) is 16.9 Å². The van der Waals surface area contributed by atoms with Gasteiger partial charge in [-0.1, -0.05) is 42.5 Å². The van der Waals surface area contributed by atoms with Crippen LogP contribution in [0.5, 0.6) is 5.75 Å². The fraction of sp³-hybridized carbons (Fsp3) is 0.250. The third-order valence-electron chi connectivity index (χ3n) is 3.46. The minimum Gasteiger partial charge on any atom is -0.497 e. The molecule has 0 aromatic heterocycles. The van der Waals surface area contributed by atoms with Gasteiger partial charge in [-0.15, -0.1) is 0 Å². The Bertz CT molecular complexity index is 613. The summed E-state index contributed by atoms with van der Waals surface area (Å²) in [6.45, 7) is 0. The van der Waals surface area contributed by atoms with Gasteiger partial charge >= 0.3 is 0 Å². The summed E-state index contributed by atoms with van der Waals surface area (Å²) < 4.78 is 17.5. The molecule has 2 aromatic rings. The molecule has 2 atom stereocenters. The van der Waals surface area contributed by atoms with Gasteiger partial charge in [-0.2, -0.15) is 0 Å². The van der Waals surface area contributed by atoms with Crippen LogP contribution in [0.15, 0.2) is 54.6 Å². The van der Waals surface area contributed by atoms with Gasteiger partial charge in [-0.05, 0) is 29.7 Å². The molecule has 0 radical (unpaired) electrons. The summed E-state index contributed by atoms with van der Waals surface area (Å²) in [6.07, 6.45) is 0.711. The average Bonchev–Trinajstić information content (AvgIpc) is 2.53. The Labute approximate surface area is 125 Å². The average molecular weight is 305 g/mol. The molecule has 0 aliphatic rings. The van der Waals surface area contributed by atoms with Crippen molar-refractivity contribution < 1.29 is 14.2 Å². The van der Waals surface area contributed by atoms with Crippen LogP contribution in [-0.2, 0) is 11.0 Å². The number of hydrogen-bond acceptors (Lipinski definition) is 3. The predicted molar refractivity (Wildman–Crippen MR) is 84.8 cm³/mol. The molecule has 2 unspecified atom stereocenters. The van der Waals surface area contributed by atoms with Crippen molar-refractivity contribution in [2.24, 2.45) is 5.73 Å². The first-order chi connectivity index (χ1) is 10.0. The van der Waals surface area contributed by atoms with Crippen LogP contribution in [0.2, 0.25) is 0 Å². The fourth-order valence-corrected chi connectivity index (χ4v) is 3.60. The largest absolute Gasteiger partial charge is 0.497 e. The van der Waals surface area contributed by atoms with E-state index in [1.54, 1.807) is 31.4 Å². The zero-order chi connectivity index (χ0) is 15.3. The lowest BCUT2D eigenvalue weighted by molar-refractivity contribution is 0.414. The van der Waals surface area contributed by atoms with E-state index in [2.05, 4.69) is 0 Å². The third-order valence-corrected chi connectivity index (χ3v) is 5.49. The number of methoxy groups -OCH3 is 1. The van der Waals surface area contributed by atoms with Gasteiger partial charge in [0.25, 0.3) is 0 Å². The number of benzene rings is 2. The van der Waals surface area contributed by atoms with Crippen LogP contribution in [0, 0.1) is 0 Å². The molecule has 3 N–H and O–H groups in total. The molecule has 0 amide bonds. The number of rotatable bonds is 6. The van der Waals surface area contributed by atoms with Gasteiger partial charge in [0, 0.05) is 6.16 Å². The van der Waals surface area contributed by atoms with Crippen molar-refractivity contribution in [2.45, 2.75) is 12.2 Å². The second-order valence-electron chi connectivity index (χ2n) is 4.93. The van der Waals surface area contributed by atoms with E-state index < -0.39 is 13.2 Å². The Morgan fingerprint density at radius 2 is 1.76 bits per heavy atom. The van der Waals surface area contributed by atoms with E-state index in [0.29, 0.717) is 17.7 Å². The normalized spacial score (nSPS) is 15.2. The number of aryl methyl sites for hydroxylation is 1. The zero-order valence-electron chi connectivity index (χ0n) is 12.0. The summed E-state index contributed by atoms with van der Waals surface area (Å²) in [4.78, 5) is 10.2. The quantitative estimate of drug-likeness (QED) is 0.804. The second kappa shape index (κ2) is 6.90. The number of ether oxygens (including phenoxy) is 1. The Morgan fingerprint density at radius 3 is 2.33 bits per heavy atom. The lowest BCUT2D eigenvalue weighted by Gasteiger charge is -2.20. The molecule has 112 valence electrons. The van der Waals surface area contributed by atoms with Gasteiger partial charge in [0.15, 0.2) is 0 Å². The minimum absolute atomic E-state index is 0.171. The molecule has 0 fully saturated rings. The van der Waals surface area contributed by atoms with E-state index in [1.807, 2.05) is 30.3 Å². The highest BCUT2D eigenvalue weighted by molar-refractivity contribution is 7.58. The van der Waals surface area contributed by atoms with Crippen molar-refractivity contribution in [3.05, 3.63) is 65.7 Å². The SMILES string of the molecule is COc1ccc(C(N)P(=O)(O)CCc2ccccc2)cc1. The summed E-state index contributed by atoms with van der Waals surface area (Å²) in [5.41, 5.74) is 7.66. The van der Waals surface area contributed by atoms with Crippen LogP contribution in [0.3, 0.4) is 0 Å². The van der Waals surface area contributed by atoms with Gasteiger partial charge in [0.2, 0.25) is 7.37 Å². The number of hydrogen-bond donors (Lipinski definition) is 2. The lowest BCUT2D eigenvalue weighted by Crippen LogP contribution is -2.13. The monoisotopic (exact) mass is 305 g/mol. The Hall–Kier alpha value is -1.61. The smallest absolute Gasteiger partial charge is 0.221 e. The summed E-state index contributed by atoms with van der Waals surface area (Å²) in [6, 6.07) is 16.6. The topological polar surface area (TPSA) is 72.5 Å². The van der Waals surface area contributed by atoms with E-state index in [0.717, 1.165) is 5.56 Å². The van der Waals surface area contributed by atoms with Crippen molar-refractivity contribution in [3.63, 3.8) is 0 Å². The molecule has 5 heteroatoms. The summed E-state index contributed by atoms with van der Waals surface area (Å²) >= 11 is 0. The van der Waals surface area contributed by atoms with Crippen LogP contribution in [-0.4, -0.2) is 18.2 Å². The molecule has 0 heterocycles. The molecule has 21 heavy (non-hydrogen) atoms. The van der Waals surface area contributed by atoms with Gasteiger partial charge < -0.3 is 15.4 Å². The Balaban J connectivity index is 2.05. The maximum atomic E-state index is 12.4. The highest BCUT2D eigenvalue weighted by Gasteiger charge is 2.28. The van der Waals surface area contributed by atoms with E-state index in [1.165, 1.54) is 0 Å². The van der Waals surface area contributed by atoms with Gasteiger partial charge in [-0.25, -0.2) is 0 Å². The van der Waals surface area contributed by atoms with Crippen LogP contribution < -0.4 is 10.5 Å². The molecule has 4 nitrogen and oxygen atoms in total. The molecule has 0 saturated carbocycles. The van der Waals surface area contributed by atoms with Crippen molar-refractivity contribution >= 4 is 7.37 Å². The highest BCUT2D eigenvalue weighted by atomic mass is 31.2. The first-order valence-corrected chi connectivity index (χ1v) is 8.69. The summed E-state index contributed by atoms with van der Waals surface area (Å²) in [5.74, 6) is -0.171. The van der Waals surface area contributed by atoms with Crippen molar-refractivity contribution in [1.82, 2.24) is 0 Å². The van der Waals surface area contributed by atoms with Crippen LogP contribution in [0.4, 0.5) is 0 Å².